The van der Waals surface area contributed by atoms with Crippen molar-refractivity contribution in [1.29, 1.82) is 0 Å². The molecule has 0 radical (unpaired) electrons. The molecular formula is C104H196N8O12. The minimum Gasteiger partial charge on any atom is -0.396 e. The fourth-order valence-electron chi connectivity index (χ4n) is 27.9. The van der Waals surface area contributed by atoms with Gasteiger partial charge in [-0.2, -0.15) is 0 Å². The number of hydrogen-bond acceptors (Lipinski definition) is 20. The molecule has 1 aromatic rings. The number of nitrogens with two attached hydrogens (primary N) is 8. The Labute approximate surface area is 754 Å². The highest BCUT2D eigenvalue weighted by atomic mass is 16.3. The predicted octanol–water partition coefficient (Wildman–Crippen LogP) is 14.0. The zero-order valence-electron chi connectivity index (χ0n) is 79.4. The van der Waals surface area contributed by atoms with Crippen LogP contribution in [0.5, 0.6) is 0 Å². The Morgan fingerprint density at radius 2 is 0.613 bits per heavy atom. The Bertz CT molecular complexity index is 2700. The number of hydrogen-bond donors (Lipinski definition) is 20. The minimum atomic E-state index is -0.140. The van der Waals surface area contributed by atoms with E-state index in [9.17, 15) is 30.6 Å². The fourth-order valence-corrected chi connectivity index (χ4v) is 27.9. The molecule has 16 fully saturated rings. The average molecular weight is 1750 g/mol. The van der Waals surface area contributed by atoms with E-state index in [1.54, 1.807) is 24.3 Å². The van der Waals surface area contributed by atoms with Crippen LogP contribution in [0.25, 0.3) is 0 Å². The van der Waals surface area contributed by atoms with Gasteiger partial charge in [-0.1, -0.05) is 58.9 Å². The first kappa shape index (κ1) is 108. The van der Waals surface area contributed by atoms with E-state index in [4.69, 9.17) is 76.5 Å². The molecule has 17 rings (SSSR count). The monoisotopic (exact) mass is 1750 g/mol. The molecule has 0 aromatic heterocycles. The Kier molecular flexibility index (Phi) is 48.1. The summed E-state index contributed by atoms with van der Waals surface area (Å²) in [6.45, 7) is 17.6. The molecule has 0 aliphatic heterocycles. The van der Waals surface area contributed by atoms with Gasteiger partial charge in [-0.05, 0) is 498 Å². The number of aliphatic hydroxyl groups excluding tert-OH is 12. The second-order valence-electron chi connectivity index (χ2n) is 46.0. The van der Waals surface area contributed by atoms with Crippen LogP contribution in [0.15, 0.2) is 24.3 Å². The lowest BCUT2D eigenvalue weighted by molar-refractivity contribution is 0.00232. The van der Waals surface area contributed by atoms with Gasteiger partial charge in [-0.25, -0.2) is 0 Å². The van der Waals surface area contributed by atoms with E-state index in [0.717, 1.165) is 266 Å². The van der Waals surface area contributed by atoms with Crippen molar-refractivity contribution in [2.24, 2.45) is 192 Å². The molecule has 124 heavy (non-hydrogen) atoms. The molecule has 28 N–H and O–H groups in total. The molecule has 0 heterocycles. The summed E-state index contributed by atoms with van der Waals surface area (Å²) in [6.07, 6.45) is 56.2. The van der Waals surface area contributed by atoms with E-state index in [1.165, 1.54) is 193 Å². The second-order valence-corrected chi connectivity index (χ2v) is 46.0. The van der Waals surface area contributed by atoms with Gasteiger partial charge in [0.25, 0.3) is 0 Å². The maximum Gasteiger partial charge on any atom is 0.0681 e. The quantitative estimate of drug-likeness (QED) is 0.0731. The third-order valence-electron chi connectivity index (χ3n) is 35.8. The molecule has 0 spiro atoms. The summed E-state index contributed by atoms with van der Waals surface area (Å²) in [4.78, 5) is 0. The molecule has 0 saturated heterocycles. The lowest BCUT2D eigenvalue weighted by Crippen LogP contribution is -2.45. The fraction of sp³-hybridized carbons (Fsp3) is 0.942. The summed E-state index contributed by atoms with van der Waals surface area (Å²) in [7, 11) is 0. The molecule has 20 heteroatoms. The van der Waals surface area contributed by atoms with Crippen molar-refractivity contribution in [2.45, 2.75) is 411 Å². The van der Waals surface area contributed by atoms with Crippen LogP contribution in [0.3, 0.4) is 0 Å². The van der Waals surface area contributed by atoms with Gasteiger partial charge in [0.1, 0.15) is 0 Å². The minimum absolute atomic E-state index is 0.0274. The van der Waals surface area contributed by atoms with E-state index in [-0.39, 0.29) is 55.3 Å². The van der Waals surface area contributed by atoms with Crippen LogP contribution in [0, 0.1) is 146 Å². The van der Waals surface area contributed by atoms with E-state index < -0.39 is 0 Å². The summed E-state index contributed by atoms with van der Waals surface area (Å²) < 4.78 is 0. The zero-order chi connectivity index (χ0) is 90.1. The lowest BCUT2D eigenvalue weighted by Gasteiger charge is -2.46. The molecule has 0 amide bonds. The van der Waals surface area contributed by atoms with Crippen LogP contribution < -0.4 is 45.9 Å². The van der Waals surface area contributed by atoms with Gasteiger partial charge in [-0.3, -0.25) is 0 Å². The molecule has 20 nitrogen and oxygen atoms in total. The van der Waals surface area contributed by atoms with E-state index in [2.05, 4.69) is 34.6 Å². The van der Waals surface area contributed by atoms with Crippen molar-refractivity contribution >= 4 is 0 Å². The van der Waals surface area contributed by atoms with Crippen LogP contribution in [-0.4, -0.2) is 175 Å². The summed E-state index contributed by atoms with van der Waals surface area (Å²) in [5.74, 6) is 18.1. The third-order valence-corrected chi connectivity index (χ3v) is 35.8. The lowest BCUT2D eigenvalue weighted by atomic mass is 9.60. The maximum atomic E-state index is 9.60. The van der Waals surface area contributed by atoms with Crippen LogP contribution in [0.4, 0.5) is 0 Å². The molecule has 14 atom stereocenters. The van der Waals surface area contributed by atoms with Crippen molar-refractivity contribution in [2.75, 3.05) is 59.2 Å². The third kappa shape index (κ3) is 35.0. The molecule has 16 aliphatic carbocycles. The first-order chi connectivity index (χ1) is 59.4. The second kappa shape index (κ2) is 55.3. The number of benzene rings is 1. The molecule has 4 bridgehead atoms. The van der Waals surface area contributed by atoms with Crippen molar-refractivity contribution in [3.05, 3.63) is 35.4 Å². The highest BCUT2D eigenvalue weighted by Gasteiger charge is 2.57. The van der Waals surface area contributed by atoms with E-state index in [1.807, 2.05) is 0 Å². The highest BCUT2D eigenvalue weighted by molar-refractivity contribution is 5.21. The maximum absolute atomic E-state index is 9.60. The zero-order valence-corrected chi connectivity index (χ0v) is 79.4. The van der Waals surface area contributed by atoms with Crippen molar-refractivity contribution < 1.29 is 61.3 Å². The van der Waals surface area contributed by atoms with Gasteiger partial charge >= 0.3 is 0 Å². The van der Waals surface area contributed by atoms with E-state index >= 15 is 0 Å². The molecule has 724 valence electrons. The first-order valence-corrected chi connectivity index (χ1v) is 52.0. The Morgan fingerprint density at radius 1 is 0.298 bits per heavy atom. The Balaban J connectivity index is 0.000000172. The van der Waals surface area contributed by atoms with Gasteiger partial charge < -0.3 is 107 Å². The standard InChI is InChI=1S/C15H28O2.C13H26N2.C12H22N2.C12H20O2.C12H22O2.C10H22N2.C8H18N2.C8H16O2.C8H10O2.C6H12O2/c1-15(2,11-3-7-13(16)8-4-11)12-5-9-14(17)10-6-12;14-12-5-1-10(2-6-12)9-11-3-7-13(15)8-4-11;2*13-5-7-1-10-8-3-9(6-14)11(4-8)12(10)2-7;13-11-5-1-9(2-6-11)10-3-7-12(14)8-4-10;1-9(2)4-8(12)5-10(3,6-9)7-11;3*9-5-7-1-2-8(6-10)4-3-7;7-5-1-2-6(8)4-3-5/h11-14,16-17H,3-10H2,1-2H3;10-13H,1-9,14-15H2;7-12H,1-6,13-14H2;7-14H,1-6H2;9-14H,1-8H2;8H,4-7,11-12H2,1-3H3;7-8H,1-6,9-10H2;7-10H,1-6H2;1-4,9-10H,5-6H2;5-8H,1-4H2. The van der Waals surface area contributed by atoms with Gasteiger partial charge in [0.2, 0.25) is 0 Å². The molecular weight excluding hydrogens is 1550 g/mol. The largest absolute Gasteiger partial charge is 0.396 e. The van der Waals surface area contributed by atoms with Gasteiger partial charge in [-0.15, -0.1) is 0 Å². The molecule has 16 aliphatic rings. The van der Waals surface area contributed by atoms with Gasteiger partial charge in [0.15, 0.2) is 0 Å². The van der Waals surface area contributed by atoms with Crippen molar-refractivity contribution in [3.63, 3.8) is 0 Å². The van der Waals surface area contributed by atoms with Crippen LogP contribution in [0.1, 0.15) is 354 Å². The number of aliphatic hydroxyl groups is 12. The topological polar surface area (TPSA) is 451 Å². The molecule has 16 saturated carbocycles. The smallest absolute Gasteiger partial charge is 0.0681 e. The van der Waals surface area contributed by atoms with Crippen molar-refractivity contribution in [3.8, 4) is 0 Å². The Hall–Kier alpha value is -1.58. The summed E-state index contributed by atoms with van der Waals surface area (Å²) in [5.41, 5.74) is 49.2. The van der Waals surface area contributed by atoms with Crippen molar-refractivity contribution in [1.82, 2.24) is 0 Å². The molecule has 1 aromatic carbocycles. The number of fused-ring (bicyclic) bond motifs is 10. The van der Waals surface area contributed by atoms with Crippen LogP contribution in [-0.2, 0) is 13.2 Å². The molecule has 14 unspecified atom stereocenters. The number of rotatable bonds is 16. The summed E-state index contributed by atoms with van der Waals surface area (Å²) >= 11 is 0. The van der Waals surface area contributed by atoms with Crippen LogP contribution in [0.2, 0.25) is 0 Å². The first-order valence-electron chi connectivity index (χ1n) is 52.0. The summed E-state index contributed by atoms with van der Waals surface area (Å²) in [6, 6.07) is 8.54. The Morgan fingerprint density at radius 3 is 0.944 bits per heavy atom. The SMILES string of the molecule is CC(C)(C1CCC(O)CC1)C1CCC(O)CC1.CC1(C)CC(N)CC(C)(CN)C1.NC1CCC(CC2CCC(N)CC2)CC1.NCC1CC2C3CC(CN)C(C3)C2C1.NCC1CCC(CN)CC1.OC1CCC(C2CCC(O)CC2)CC1.OC1CCC(O)CC1.OCC1CC2C3CC(CO)C(C3)C2C1.OCC1CCC(CO)CC1.OCc1ccc(CO)cc1. The highest BCUT2D eigenvalue weighted by Crippen LogP contribution is 2.63. The average Bonchev–Trinajstić information content (AvgIpc) is 1.59. The van der Waals surface area contributed by atoms with E-state index in [0.29, 0.717) is 79.1 Å². The summed E-state index contributed by atoms with van der Waals surface area (Å²) in [5, 5.41) is 109. The van der Waals surface area contributed by atoms with Gasteiger partial charge in [0.05, 0.1) is 49.8 Å². The predicted molar refractivity (Wildman–Crippen MR) is 506 cm³/mol. The van der Waals surface area contributed by atoms with Gasteiger partial charge in [0, 0.05) is 44.6 Å². The normalized spacial score (nSPS) is 41.1. The van der Waals surface area contributed by atoms with Crippen LogP contribution >= 0.6 is 0 Å².